The van der Waals surface area contributed by atoms with E-state index in [1.54, 1.807) is 6.20 Å². The van der Waals surface area contributed by atoms with E-state index in [4.69, 9.17) is 34.1 Å². The van der Waals surface area contributed by atoms with Crippen LogP contribution in [0.2, 0.25) is 0 Å². The summed E-state index contributed by atoms with van der Waals surface area (Å²) in [6, 6.07) is 53.1. The summed E-state index contributed by atoms with van der Waals surface area (Å²) < 4.78 is 23.6. The monoisotopic (exact) mass is 820 g/mol. The number of hydrogen-bond donors (Lipinski definition) is 0. The molecular formula is C54H40N6O3. The van der Waals surface area contributed by atoms with Gasteiger partial charge in [0.1, 0.15) is 40.3 Å². The van der Waals surface area contributed by atoms with Gasteiger partial charge < -0.3 is 14.2 Å². The van der Waals surface area contributed by atoms with E-state index in [9.17, 15) is 0 Å². The summed E-state index contributed by atoms with van der Waals surface area (Å²) in [4.78, 5) is 19.4. The molecular weight excluding hydrogens is 781 g/mol. The number of para-hydroxylation sites is 2. The van der Waals surface area contributed by atoms with Crippen LogP contribution >= 0.6 is 0 Å². The Morgan fingerprint density at radius 3 is 1.52 bits per heavy atom. The Kier molecular flexibility index (Phi) is 9.35. The molecule has 0 N–H and O–H groups in total. The summed E-state index contributed by atoms with van der Waals surface area (Å²) in [5.41, 5.74) is 9.43. The number of aryl methyl sites for hydroxylation is 2. The molecule has 5 heterocycles. The zero-order valence-corrected chi connectivity index (χ0v) is 34.9. The molecule has 0 fully saturated rings. The van der Waals surface area contributed by atoms with Gasteiger partial charge in [0.05, 0.1) is 40.6 Å². The highest BCUT2D eigenvalue weighted by molar-refractivity contribution is 6.10. The third-order valence-electron chi connectivity index (χ3n) is 11.3. The molecule has 9 heteroatoms. The minimum absolute atomic E-state index is 0.422. The van der Waals surface area contributed by atoms with Gasteiger partial charge in [-0.15, -0.1) is 0 Å². The molecule has 0 aliphatic carbocycles. The van der Waals surface area contributed by atoms with Crippen molar-refractivity contribution in [1.82, 2.24) is 29.1 Å². The van der Waals surface area contributed by atoms with Crippen LogP contribution in [-0.2, 0) is 0 Å². The fraction of sp³-hybridized carbons (Fsp3) is 0.0741. The number of ether oxygens (including phenoxy) is 3. The van der Waals surface area contributed by atoms with Gasteiger partial charge in [0, 0.05) is 57.2 Å². The molecule has 0 unspecified atom stereocenters. The maximum Gasteiger partial charge on any atom is 0.241 e. The Morgan fingerprint density at radius 2 is 0.968 bits per heavy atom. The van der Waals surface area contributed by atoms with Crippen molar-refractivity contribution in [1.29, 1.82) is 0 Å². The lowest BCUT2D eigenvalue weighted by atomic mass is 10.1. The van der Waals surface area contributed by atoms with Crippen molar-refractivity contribution in [3.05, 3.63) is 187 Å². The Balaban J connectivity index is 0.887. The molecule has 0 saturated heterocycles. The van der Waals surface area contributed by atoms with E-state index in [-0.39, 0.29) is 0 Å². The van der Waals surface area contributed by atoms with Crippen LogP contribution in [0.25, 0.3) is 77.8 Å². The van der Waals surface area contributed by atoms with Gasteiger partial charge in [0.25, 0.3) is 0 Å². The van der Waals surface area contributed by atoms with Gasteiger partial charge in [0.15, 0.2) is 0 Å². The van der Waals surface area contributed by atoms with Crippen molar-refractivity contribution < 1.29 is 14.2 Å². The van der Waals surface area contributed by atoms with E-state index in [0.29, 0.717) is 46.9 Å². The summed E-state index contributed by atoms with van der Waals surface area (Å²) in [5.74, 6) is 4.90. The van der Waals surface area contributed by atoms with Crippen molar-refractivity contribution in [2.75, 3.05) is 6.61 Å². The number of aromatic nitrogens is 6. The summed E-state index contributed by atoms with van der Waals surface area (Å²) in [6.45, 7) is 6.53. The van der Waals surface area contributed by atoms with Crippen LogP contribution < -0.4 is 14.2 Å². The highest BCUT2D eigenvalue weighted by atomic mass is 16.5. The lowest BCUT2D eigenvalue weighted by molar-refractivity contribution is 0.327. The number of benzene rings is 6. The van der Waals surface area contributed by atoms with Crippen molar-refractivity contribution >= 4 is 43.6 Å². The van der Waals surface area contributed by atoms with Crippen LogP contribution in [0.3, 0.4) is 0 Å². The van der Waals surface area contributed by atoms with Gasteiger partial charge in [-0.1, -0.05) is 60.7 Å². The third kappa shape index (κ3) is 6.95. The molecule has 0 amide bonds. The van der Waals surface area contributed by atoms with Gasteiger partial charge in [0.2, 0.25) is 5.88 Å². The Bertz CT molecular complexity index is 3540. The number of hydrogen-bond acceptors (Lipinski definition) is 7. The summed E-state index contributed by atoms with van der Waals surface area (Å²) in [6.07, 6.45) is 5.47. The van der Waals surface area contributed by atoms with Crippen LogP contribution in [0, 0.1) is 13.8 Å². The molecule has 11 aromatic rings. The smallest absolute Gasteiger partial charge is 0.241 e. The number of nitrogens with zero attached hydrogens (tertiary/aromatic N) is 6. The summed E-state index contributed by atoms with van der Waals surface area (Å²) in [7, 11) is 0. The van der Waals surface area contributed by atoms with E-state index in [0.717, 1.165) is 77.5 Å². The minimum Gasteiger partial charge on any atom is -0.476 e. The van der Waals surface area contributed by atoms with Crippen LogP contribution in [-0.4, -0.2) is 35.7 Å². The lowest BCUT2D eigenvalue weighted by Crippen LogP contribution is -2.01. The first-order valence-corrected chi connectivity index (χ1v) is 21.0. The number of pyridine rings is 2. The standard InChI is InChI=1S/C54H40N6O3/c1-4-61-54-53(37-12-10-14-39(30-37)63-41-20-22-45-43-16-6-8-18-48(43)60(50(45)32-41)52-28-35(3)24-26-56-52)57-33-46(58-54)36-11-9-13-38(29-36)62-40-19-21-44-42-15-5-7-17-47(42)59(49(44)31-40)51-27-34(2)23-25-55-51/h5-33H,4H2,1-3H3. The SMILES string of the molecule is CCOc1nc(-c2cccc(Oc3ccc4c5ccccc5n(-c5cc(C)ccn5)c4c3)c2)cnc1-c1cccc(Oc2ccc3c4ccccc4n(-c4cc(C)ccn4)c3c2)c1. The Hall–Kier alpha value is -8.30. The van der Waals surface area contributed by atoms with E-state index in [2.05, 4.69) is 108 Å². The van der Waals surface area contributed by atoms with Gasteiger partial charge in [-0.05, 0) is 117 Å². The fourth-order valence-electron chi connectivity index (χ4n) is 8.45. The molecule has 304 valence electrons. The molecule has 6 aromatic carbocycles. The normalized spacial score (nSPS) is 11.5. The Labute approximate surface area is 363 Å². The largest absolute Gasteiger partial charge is 0.476 e. The first-order valence-electron chi connectivity index (χ1n) is 21.0. The van der Waals surface area contributed by atoms with Gasteiger partial charge in [-0.3, -0.25) is 9.13 Å². The zero-order chi connectivity index (χ0) is 42.4. The van der Waals surface area contributed by atoms with Crippen LogP contribution in [0.5, 0.6) is 28.9 Å². The minimum atomic E-state index is 0.422. The predicted molar refractivity (Wildman–Crippen MR) is 251 cm³/mol. The third-order valence-corrected chi connectivity index (χ3v) is 11.3. The molecule has 0 bridgehead atoms. The average Bonchev–Trinajstić information content (AvgIpc) is 3.81. The van der Waals surface area contributed by atoms with Crippen LogP contribution in [0.15, 0.2) is 176 Å². The molecule has 0 radical (unpaired) electrons. The van der Waals surface area contributed by atoms with Crippen molar-refractivity contribution in [3.63, 3.8) is 0 Å². The first-order chi connectivity index (χ1) is 31.0. The second kappa shape index (κ2) is 15.6. The van der Waals surface area contributed by atoms with E-state index in [1.165, 1.54) is 0 Å². The molecule has 0 aliphatic heterocycles. The molecule has 0 spiro atoms. The maximum absolute atomic E-state index is 6.55. The van der Waals surface area contributed by atoms with Crippen molar-refractivity contribution in [2.24, 2.45) is 0 Å². The second-order valence-corrected chi connectivity index (χ2v) is 15.5. The topological polar surface area (TPSA) is 89.1 Å². The van der Waals surface area contributed by atoms with E-state index in [1.807, 2.05) is 92.1 Å². The summed E-state index contributed by atoms with van der Waals surface area (Å²) in [5, 5.41) is 4.57. The summed E-state index contributed by atoms with van der Waals surface area (Å²) >= 11 is 0. The molecule has 11 rings (SSSR count). The van der Waals surface area contributed by atoms with Gasteiger partial charge >= 0.3 is 0 Å². The molecule has 0 aliphatic rings. The fourth-order valence-corrected chi connectivity index (χ4v) is 8.45. The highest BCUT2D eigenvalue weighted by Gasteiger charge is 2.18. The van der Waals surface area contributed by atoms with Gasteiger partial charge in [-0.2, -0.15) is 0 Å². The quantitative estimate of drug-likeness (QED) is 0.136. The van der Waals surface area contributed by atoms with E-state index < -0.39 is 0 Å². The van der Waals surface area contributed by atoms with Gasteiger partial charge in [-0.25, -0.2) is 19.9 Å². The van der Waals surface area contributed by atoms with Crippen molar-refractivity contribution in [2.45, 2.75) is 20.8 Å². The average molecular weight is 821 g/mol. The number of rotatable bonds is 10. The molecule has 0 saturated carbocycles. The Morgan fingerprint density at radius 1 is 0.460 bits per heavy atom. The zero-order valence-electron chi connectivity index (χ0n) is 34.9. The number of fused-ring (bicyclic) bond motifs is 6. The predicted octanol–water partition coefficient (Wildman–Crippen LogP) is 13.4. The van der Waals surface area contributed by atoms with E-state index >= 15 is 0 Å². The second-order valence-electron chi connectivity index (χ2n) is 15.5. The molecule has 5 aromatic heterocycles. The van der Waals surface area contributed by atoms with Crippen LogP contribution in [0.4, 0.5) is 0 Å². The molecule has 63 heavy (non-hydrogen) atoms. The highest BCUT2D eigenvalue weighted by Crippen LogP contribution is 2.39. The molecule has 9 nitrogen and oxygen atoms in total. The van der Waals surface area contributed by atoms with Crippen molar-refractivity contribution in [3.8, 4) is 63.0 Å². The molecule has 0 atom stereocenters. The maximum atomic E-state index is 6.55. The van der Waals surface area contributed by atoms with Crippen LogP contribution in [0.1, 0.15) is 18.1 Å². The lowest BCUT2D eigenvalue weighted by Gasteiger charge is -2.13. The first kappa shape index (κ1) is 37.7.